The fourth-order valence-electron chi connectivity index (χ4n) is 2.74. The first-order valence-corrected chi connectivity index (χ1v) is 11.5. The van der Waals surface area contributed by atoms with Crippen molar-refractivity contribution in [1.82, 2.24) is 19.9 Å². The van der Waals surface area contributed by atoms with E-state index in [0.29, 0.717) is 19.6 Å². The maximum Gasteiger partial charge on any atom is 0.213 e. The van der Waals surface area contributed by atoms with E-state index in [1.807, 2.05) is 0 Å². The van der Waals surface area contributed by atoms with Crippen LogP contribution in [0.4, 0.5) is 0 Å². The molecule has 0 unspecified atom stereocenters. The second kappa shape index (κ2) is 10.4. The Morgan fingerprint density at radius 2 is 2.00 bits per heavy atom. The van der Waals surface area contributed by atoms with Crippen molar-refractivity contribution in [3.05, 3.63) is 16.1 Å². The Morgan fingerprint density at radius 1 is 1.37 bits per heavy atom. The van der Waals surface area contributed by atoms with Crippen molar-refractivity contribution >= 4 is 51.3 Å². The van der Waals surface area contributed by atoms with E-state index in [4.69, 9.17) is 0 Å². The van der Waals surface area contributed by atoms with Crippen molar-refractivity contribution in [3.63, 3.8) is 0 Å². The summed E-state index contributed by atoms with van der Waals surface area (Å²) in [5.41, 5.74) is 1.16. The van der Waals surface area contributed by atoms with Gasteiger partial charge >= 0.3 is 0 Å². The Balaban J connectivity index is 0.00000364. The van der Waals surface area contributed by atoms with Gasteiger partial charge < -0.3 is 10.6 Å². The number of aromatic nitrogens is 1. The fraction of sp³-hybridized carbons (Fsp3) is 0.765. The molecule has 0 atom stereocenters. The van der Waals surface area contributed by atoms with Gasteiger partial charge in [0.15, 0.2) is 5.96 Å². The summed E-state index contributed by atoms with van der Waals surface area (Å²) in [6.07, 6.45) is 1.57. The lowest BCUT2D eigenvalue weighted by atomic mass is 9.93. The molecule has 2 N–H and O–H groups in total. The van der Waals surface area contributed by atoms with E-state index < -0.39 is 10.0 Å². The van der Waals surface area contributed by atoms with Crippen LogP contribution in [0.3, 0.4) is 0 Å². The summed E-state index contributed by atoms with van der Waals surface area (Å²) in [7, 11) is -1.34. The lowest BCUT2D eigenvalue weighted by molar-refractivity contribution is 0.306. The normalized spacial score (nSPS) is 17.4. The zero-order chi connectivity index (χ0) is 19.4. The minimum atomic E-state index is -3.08. The second-order valence-electron chi connectivity index (χ2n) is 7.52. The number of halogens is 1. The monoisotopic (exact) mass is 529 g/mol. The van der Waals surface area contributed by atoms with Crippen LogP contribution in [-0.2, 0) is 22.0 Å². The maximum absolute atomic E-state index is 11.9. The fourth-order valence-corrected chi connectivity index (χ4v) is 4.84. The highest BCUT2D eigenvalue weighted by Crippen LogP contribution is 2.23. The summed E-state index contributed by atoms with van der Waals surface area (Å²) in [4.78, 5) is 8.96. The summed E-state index contributed by atoms with van der Waals surface area (Å²) < 4.78 is 25.5. The molecule has 1 aromatic heterocycles. The Labute approximate surface area is 184 Å². The molecule has 0 saturated carbocycles. The van der Waals surface area contributed by atoms with Crippen LogP contribution in [0.15, 0.2) is 10.4 Å². The van der Waals surface area contributed by atoms with Crippen molar-refractivity contribution in [2.24, 2.45) is 4.99 Å². The molecule has 1 aliphatic rings. The number of guanidine groups is 1. The first-order valence-electron chi connectivity index (χ1n) is 9.05. The molecule has 0 spiro atoms. The smallest absolute Gasteiger partial charge is 0.213 e. The highest BCUT2D eigenvalue weighted by atomic mass is 127. The molecule has 1 aliphatic heterocycles. The average molecular weight is 530 g/mol. The van der Waals surface area contributed by atoms with E-state index in [0.717, 1.165) is 29.5 Å². The molecule has 7 nitrogen and oxygen atoms in total. The van der Waals surface area contributed by atoms with Crippen LogP contribution < -0.4 is 10.6 Å². The molecule has 10 heteroatoms. The minimum Gasteiger partial charge on any atom is -0.354 e. The van der Waals surface area contributed by atoms with Crippen LogP contribution in [-0.4, -0.2) is 55.6 Å². The number of nitrogens with zero attached hydrogens (tertiary/aromatic N) is 3. The molecular weight excluding hydrogens is 497 g/mol. The van der Waals surface area contributed by atoms with E-state index in [1.54, 1.807) is 29.6 Å². The molecule has 0 aromatic carbocycles. The van der Waals surface area contributed by atoms with Crippen LogP contribution in [0.25, 0.3) is 0 Å². The molecule has 0 radical (unpaired) electrons. The molecular formula is C17H32IN5O2S2. The molecule has 156 valence electrons. The Hall–Kier alpha value is -0.460. The Morgan fingerprint density at radius 3 is 2.48 bits per heavy atom. The molecule has 0 aliphatic carbocycles. The van der Waals surface area contributed by atoms with Crippen molar-refractivity contribution in [3.8, 4) is 0 Å². The van der Waals surface area contributed by atoms with Gasteiger partial charge in [-0.05, 0) is 19.8 Å². The van der Waals surface area contributed by atoms with E-state index in [-0.39, 0.29) is 41.2 Å². The summed E-state index contributed by atoms with van der Waals surface area (Å²) in [5.74, 6) is 0.896. The van der Waals surface area contributed by atoms with Crippen LogP contribution in [0.5, 0.6) is 0 Å². The number of aliphatic imine (C=N–C) groups is 1. The summed E-state index contributed by atoms with van der Waals surface area (Å²) >= 11 is 1.65. The zero-order valence-electron chi connectivity index (χ0n) is 16.8. The third kappa shape index (κ3) is 7.13. The van der Waals surface area contributed by atoms with Crippen LogP contribution in [0.2, 0.25) is 0 Å². The first-order chi connectivity index (χ1) is 12.2. The van der Waals surface area contributed by atoms with Gasteiger partial charge in [0, 0.05) is 37.0 Å². The molecule has 27 heavy (non-hydrogen) atoms. The van der Waals surface area contributed by atoms with Gasteiger partial charge in [-0.1, -0.05) is 20.8 Å². The van der Waals surface area contributed by atoms with Gasteiger partial charge in [0.25, 0.3) is 0 Å². The summed E-state index contributed by atoms with van der Waals surface area (Å²) in [5, 5.41) is 9.84. The number of thiazole rings is 1. The number of piperidine rings is 1. The lowest BCUT2D eigenvalue weighted by Gasteiger charge is -2.32. The summed E-state index contributed by atoms with van der Waals surface area (Å²) in [6, 6.07) is 0.228. The van der Waals surface area contributed by atoms with Gasteiger partial charge in [-0.15, -0.1) is 35.3 Å². The number of rotatable bonds is 5. The molecule has 1 saturated heterocycles. The van der Waals surface area contributed by atoms with E-state index in [2.05, 4.69) is 46.8 Å². The maximum atomic E-state index is 11.9. The third-order valence-electron chi connectivity index (χ3n) is 4.50. The predicted molar refractivity (Wildman–Crippen MR) is 124 cm³/mol. The first kappa shape index (κ1) is 24.6. The third-order valence-corrected chi connectivity index (χ3v) is 7.23. The van der Waals surface area contributed by atoms with Gasteiger partial charge in [0.05, 0.1) is 18.0 Å². The van der Waals surface area contributed by atoms with Crippen molar-refractivity contribution in [1.29, 1.82) is 0 Å². The van der Waals surface area contributed by atoms with Crippen LogP contribution in [0.1, 0.15) is 51.2 Å². The van der Waals surface area contributed by atoms with E-state index in [1.165, 1.54) is 0 Å². The van der Waals surface area contributed by atoms with E-state index in [9.17, 15) is 8.42 Å². The van der Waals surface area contributed by atoms with Gasteiger partial charge in [0.1, 0.15) is 5.01 Å². The summed E-state index contributed by atoms with van der Waals surface area (Å²) in [6.45, 7) is 9.91. The molecule has 2 rings (SSSR count). The minimum absolute atomic E-state index is 0. The quantitative estimate of drug-likeness (QED) is 0.348. The van der Waals surface area contributed by atoms with Crippen molar-refractivity contribution < 1.29 is 8.42 Å². The predicted octanol–water partition coefficient (Wildman–Crippen LogP) is 2.54. The topological polar surface area (TPSA) is 86.7 Å². The van der Waals surface area contributed by atoms with Gasteiger partial charge in [-0.3, -0.25) is 4.99 Å². The molecule has 1 fully saturated rings. The SMILES string of the molecule is CCS(=O)(=O)N1CCC(NC(=NC)NCc2nc(C(C)(C)C)cs2)CC1.I. The molecule has 0 amide bonds. The van der Waals surface area contributed by atoms with Crippen LogP contribution >= 0.6 is 35.3 Å². The Bertz CT molecular complexity index is 720. The largest absolute Gasteiger partial charge is 0.354 e. The van der Waals surface area contributed by atoms with Crippen molar-refractivity contribution in [2.75, 3.05) is 25.9 Å². The lowest BCUT2D eigenvalue weighted by Crippen LogP contribution is -2.49. The standard InChI is InChI=1S/C17H31N5O2S2.HI/c1-6-26(23,24)22-9-7-13(8-10-22)20-16(18-5)19-11-15-21-14(12-25-15)17(2,3)4;/h12-13H,6-11H2,1-5H3,(H2,18,19,20);1H. The van der Waals surface area contributed by atoms with Gasteiger partial charge in [-0.2, -0.15) is 0 Å². The zero-order valence-corrected chi connectivity index (χ0v) is 20.7. The van der Waals surface area contributed by atoms with E-state index >= 15 is 0 Å². The number of hydrogen-bond donors (Lipinski definition) is 2. The number of hydrogen-bond acceptors (Lipinski definition) is 5. The second-order valence-corrected chi connectivity index (χ2v) is 10.7. The van der Waals surface area contributed by atoms with Crippen LogP contribution in [0, 0.1) is 0 Å². The van der Waals surface area contributed by atoms with Crippen molar-refractivity contribution in [2.45, 2.75) is 58.5 Å². The highest BCUT2D eigenvalue weighted by Gasteiger charge is 2.27. The molecule has 2 heterocycles. The Kier molecular flexibility index (Phi) is 9.43. The van der Waals surface area contributed by atoms with Gasteiger partial charge in [0.2, 0.25) is 10.0 Å². The molecule has 1 aromatic rings. The number of sulfonamides is 1. The average Bonchev–Trinajstić information content (AvgIpc) is 3.08. The molecule has 0 bridgehead atoms. The van der Waals surface area contributed by atoms with Gasteiger partial charge in [-0.25, -0.2) is 17.7 Å². The highest BCUT2D eigenvalue weighted by molar-refractivity contribution is 14.0. The number of nitrogens with one attached hydrogen (secondary N) is 2.